The zero-order valence-electron chi connectivity index (χ0n) is 9.53. The second-order valence-corrected chi connectivity index (χ2v) is 3.37. The Balaban J connectivity index is 2.81. The van der Waals surface area contributed by atoms with E-state index in [9.17, 15) is 9.59 Å². The molecule has 17 heavy (non-hydrogen) atoms. The highest BCUT2D eigenvalue weighted by Crippen LogP contribution is 2.18. The van der Waals surface area contributed by atoms with Crippen LogP contribution in [0.4, 0.5) is 5.69 Å². The van der Waals surface area contributed by atoms with Crippen LogP contribution in [0, 0.1) is 0 Å². The monoisotopic (exact) mass is 237 g/mol. The predicted octanol–water partition coefficient (Wildman–Crippen LogP) is -0.117. The fourth-order valence-electron chi connectivity index (χ4n) is 1.27. The van der Waals surface area contributed by atoms with Crippen LogP contribution >= 0.6 is 0 Å². The van der Waals surface area contributed by atoms with Gasteiger partial charge < -0.3 is 21.5 Å². The molecule has 6 nitrogen and oxygen atoms in total. The summed E-state index contributed by atoms with van der Waals surface area (Å²) in [5.41, 5.74) is 11.3. The molecule has 0 heterocycles. The molecular formula is C11H15N3O3. The van der Waals surface area contributed by atoms with Gasteiger partial charge >= 0.3 is 0 Å². The number of amides is 2. The molecule has 2 amide bonds. The van der Waals surface area contributed by atoms with Crippen LogP contribution in [0.15, 0.2) is 18.2 Å². The Morgan fingerprint density at radius 3 is 2.65 bits per heavy atom. The van der Waals surface area contributed by atoms with E-state index in [0.29, 0.717) is 23.6 Å². The number of hydrogen-bond acceptors (Lipinski definition) is 4. The van der Waals surface area contributed by atoms with Crippen molar-refractivity contribution in [3.8, 4) is 5.75 Å². The molecule has 92 valence electrons. The summed E-state index contributed by atoms with van der Waals surface area (Å²) in [7, 11) is 0. The molecule has 0 atom stereocenters. The fourth-order valence-corrected chi connectivity index (χ4v) is 1.27. The molecule has 0 saturated carbocycles. The Kier molecular flexibility index (Phi) is 4.33. The van der Waals surface area contributed by atoms with Gasteiger partial charge in [-0.2, -0.15) is 0 Å². The summed E-state index contributed by atoms with van der Waals surface area (Å²) in [6, 6.07) is 4.67. The Morgan fingerprint density at radius 1 is 1.35 bits per heavy atom. The van der Waals surface area contributed by atoms with Crippen LogP contribution < -0.4 is 21.5 Å². The normalized spacial score (nSPS) is 9.71. The number of anilines is 1. The van der Waals surface area contributed by atoms with E-state index in [-0.39, 0.29) is 6.54 Å². The zero-order valence-corrected chi connectivity index (χ0v) is 9.53. The molecule has 0 aromatic heterocycles. The average Bonchev–Trinajstić information content (AvgIpc) is 2.25. The number of carbonyl (C=O) groups is 2. The Morgan fingerprint density at radius 2 is 2.06 bits per heavy atom. The smallest absolute Gasteiger partial charge is 0.251 e. The van der Waals surface area contributed by atoms with E-state index in [1.807, 2.05) is 6.92 Å². The minimum absolute atomic E-state index is 0.211. The summed E-state index contributed by atoms with van der Waals surface area (Å²) in [5.74, 6) is -0.513. The molecule has 0 fully saturated rings. The van der Waals surface area contributed by atoms with Crippen molar-refractivity contribution in [2.24, 2.45) is 5.73 Å². The minimum atomic E-state index is -0.604. The van der Waals surface area contributed by atoms with Crippen molar-refractivity contribution in [3.63, 3.8) is 0 Å². The third kappa shape index (κ3) is 4.02. The van der Waals surface area contributed by atoms with Crippen molar-refractivity contribution < 1.29 is 14.3 Å². The first-order chi connectivity index (χ1) is 8.02. The van der Waals surface area contributed by atoms with E-state index in [2.05, 4.69) is 5.32 Å². The second-order valence-electron chi connectivity index (χ2n) is 3.37. The second kappa shape index (κ2) is 5.74. The largest absolute Gasteiger partial charge is 0.494 e. The molecule has 0 bridgehead atoms. The van der Waals surface area contributed by atoms with Crippen molar-refractivity contribution >= 4 is 17.5 Å². The lowest BCUT2D eigenvalue weighted by Crippen LogP contribution is -2.33. The van der Waals surface area contributed by atoms with Gasteiger partial charge in [0.05, 0.1) is 13.2 Å². The highest BCUT2D eigenvalue weighted by Gasteiger charge is 2.09. The van der Waals surface area contributed by atoms with Gasteiger partial charge in [-0.25, -0.2) is 0 Å². The molecule has 0 aliphatic heterocycles. The molecule has 0 aliphatic rings. The van der Waals surface area contributed by atoms with Gasteiger partial charge in [0, 0.05) is 17.3 Å². The summed E-state index contributed by atoms with van der Waals surface area (Å²) in [6.07, 6.45) is 0. The predicted molar refractivity (Wildman–Crippen MR) is 63.6 cm³/mol. The maximum atomic E-state index is 11.6. The van der Waals surface area contributed by atoms with E-state index in [0.717, 1.165) is 0 Å². The standard InChI is InChI=1S/C11H15N3O3/c1-2-17-9-4-7(3-8(12)5-9)11(16)14-6-10(13)15/h3-5H,2,6,12H2,1H3,(H2,13,15)(H,14,16). The van der Waals surface area contributed by atoms with Crippen LogP contribution in [0.2, 0.25) is 0 Å². The number of nitrogens with two attached hydrogens (primary N) is 2. The van der Waals surface area contributed by atoms with Crippen LogP contribution in [0.5, 0.6) is 5.75 Å². The van der Waals surface area contributed by atoms with Gasteiger partial charge in [-0.1, -0.05) is 0 Å². The molecule has 1 aromatic carbocycles. The molecule has 0 saturated heterocycles. The number of rotatable bonds is 5. The van der Waals surface area contributed by atoms with Crippen LogP contribution in [-0.2, 0) is 4.79 Å². The summed E-state index contributed by atoms with van der Waals surface area (Å²) < 4.78 is 5.25. The van der Waals surface area contributed by atoms with Crippen molar-refractivity contribution in [1.82, 2.24) is 5.32 Å². The minimum Gasteiger partial charge on any atom is -0.494 e. The lowest BCUT2D eigenvalue weighted by molar-refractivity contribution is -0.117. The molecule has 0 radical (unpaired) electrons. The summed E-state index contributed by atoms with van der Waals surface area (Å²) in [5, 5.41) is 2.37. The Labute approximate surface area is 98.9 Å². The molecule has 0 spiro atoms. The molecule has 0 aliphatic carbocycles. The molecule has 6 heteroatoms. The van der Waals surface area contributed by atoms with Crippen LogP contribution in [0.1, 0.15) is 17.3 Å². The third-order valence-corrected chi connectivity index (χ3v) is 1.93. The maximum Gasteiger partial charge on any atom is 0.251 e. The number of hydrogen-bond donors (Lipinski definition) is 3. The van der Waals surface area contributed by atoms with Gasteiger partial charge in [0.2, 0.25) is 5.91 Å². The van der Waals surface area contributed by atoms with Gasteiger partial charge in [0.15, 0.2) is 0 Å². The van der Waals surface area contributed by atoms with E-state index >= 15 is 0 Å². The maximum absolute atomic E-state index is 11.6. The van der Waals surface area contributed by atoms with Crippen LogP contribution in [0.3, 0.4) is 0 Å². The lowest BCUT2D eigenvalue weighted by atomic mass is 10.1. The Hall–Kier alpha value is -2.24. The highest BCUT2D eigenvalue weighted by atomic mass is 16.5. The number of primary amides is 1. The van der Waals surface area contributed by atoms with Crippen molar-refractivity contribution in [2.45, 2.75) is 6.92 Å². The quantitative estimate of drug-likeness (QED) is 0.620. The first-order valence-corrected chi connectivity index (χ1v) is 5.12. The number of ether oxygens (including phenoxy) is 1. The van der Waals surface area contributed by atoms with Crippen LogP contribution in [0.25, 0.3) is 0 Å². The van der Waals surface area contributed by atoms with E-state index in [1.165, 1.54) is 6.07 Å². The van der Waals surface area contributed by atoms with Gasteiger partial charge in [0.25, 0.3) is 5.91 Å². The van der Waals surface area contributed by atoms with Gasteiger partial charge in [0.1, 0.15) is 5.75 Å². The van der Waals surface area contributed by atoms with Crippen molar-refractivity contribution in [3.05, 3.63) is 23.8 Å². The van der Waals surface area contributed by atoms with Crippen LogP contribution in [-0.4, -0.2) is 25.0 Å². The number of carbonyl (C=O) groups excluding carboxylic acids is 2. The third-order valence-electron chi connectivity index (χ3n) is 1.93. The number of nitrogens with one attached hydrogen (secondary N) is 1. The molecule has 1 aromatic rings. The average molecular weight is 237 g/mol. The molecule has 1 rings (SSSR count). The fraction of sp³-hybridized carbons (Fsp3) is 0.273. The number of nitrogen functional groups attached to an aromatic ring is 1. The van der Waals surface area contributed by atoms with Crippen molar-refractivity contribution in [2.75, 3.05) is 18.9 Å². The molecule has 0 unspecified atom stereocenters. The van der Waals surface area contributed by atoms with E-state index in [1.54, 1.807) is 12.1 Å². The van der Waals surface area contributed by atoms with E-state index < -0.39 is 11.8 Å². The van der Waals surface area contributed by atoms with Gasteiger partial charge in [-0.15, -0.1) is 0 Å². The molecule has 5 N–H and O–H groups in total. The number of benzene rings is 1. The van der Waals surface area contributed by atoms with Gasteiger partial charge in [-0.3, -0.25) is 9.59 Å². The SMILES string of the molecule is CCOc1cc(N)cc(C(=O)NCC(N)=O)c1. The highest BCUT2D eigenvalue weighted by molar-refractivity contribution is 5.97. The van der Waals surface area contributed by atoms with E-state index in [4.69, 9.17) is 16.2 Å². The first kappa shape index (κ1) is 12.8. The summed E-state index contributed by atoms with van der Waals surface area (Å²) in [4.78, 5) is 22.2. The molecular weight excluding hydrogens is 222 g/mol. The summed E-state index contributed by atoms with van der Waals surface area (Å²) >= 11 is 0. The topological polar surface area (TPSA) is 107 Å². The first-order valence-electron chi connectivity index (χ1n) is 5.12. The van der Waals surface area contributed by atoms with Crippen molar-refractivity contribution in [1.29, 1.82) is 0 Å². The van der Waals surface area contributed by atoms with Gasteiger partial charge in [-0.05, 0) is 19.1 Å². The Bertz CT molecular complexity index is 432. The zero-order chi connectivity index (χ0) is 12.8. The summed E-state index contributed by atoms with van der Waals surface area (Å²) in [6.45, 7) is 2.10. The lowest BCUT2D eigenvalue weighted by Gasteiger charge is -2.08.